The van der Waals surface area contributed by atoms with Crippen LogP contribution in [0.3, 0.4) is 0 Å². The maximum absolute atomic E-state index is 13.0. The summed E-state index contributed by atoms with van der Waals surface area (Å²) in [6.07, 6.45) is 0.659. The largest absolute Gasteiger partial charge is 0.340 e. The Hall–Kier alpha value is -1.42. The molecule has 1 amide bonds. The van der Waals surface area contributed by atoms with E-state index in [1.54, 1.807) is 24.1 Å². The molecular weight excluding hydrogens is 231 g/mol. The molecule has 0 unspecified atom stereocenters. The Labute approximate surface area is 108 Å². The topological polar surface area (TPSA) is 46.3 Å². The monoisotopic (exact) mass is 252 g/mol. The number of hydrogen-bond donors (Lipinski definition) is 1. The van der Waals surface area contributed by atoms with Crippen LogP contribution in [0.25, 0.3) is 0 Å². The molecule has 3 nitrogen and oxygen atoms in total. The van der Waals surface area contributed by atoms with Crippen LogP contribution in [-0.4, -0.2) is 23.9 Å². The van der Waals surface area contributed by atoms with Crippen molar-refractivity contribution in [2.24, 2.45) is 11.7 Å². The number of nitrogens with two attached hydrogens (primary N) is 1. The summed E-state index contributed by atoms with van der Waals surface area (Å²) in [7, 11) is 1.69. The van der Waals surface area contributed by atoms with E-state index in [1.165, 1.54) is 12.1 Å². The number of carbonyl (C=O) groups is 1. The van der Waals surface area contributed by atoms with Gasteiger partial charge in [-0.3, -0.25) is 4.79 Å². The van der Waals surface area contributed by atoms with Crippen LogP contribution in [0.1, 0.15) is 25.8 Å². The van der Waals surface area contributed by atoms with Gasteiger partial charge in [0.15, 0.2) is 0 Å². The van der Waals surface area contributed by atoms with Gasteiger partial charge in [0.25, 0.3) is 0 Å². The van der Waals surface area contributed by atoms with Gasteiger partial charge in [-0.2, -0.15) is 0 Å². The average Bonchev–Trinajstić information content (AvgIpc) is 2.27. The standard InChI is InChI=1S/C14H21FN2O/c1-10(2)7-13(16)14(18)17(3)9-11-5-4-6-12(15)8-11/h4-6,8,10,13H,7,9,16H2,1-3H3/t13-/m1/s1. The molecule has 0 bridgehead atoms. The van der Waals surface area contributed by atoms with Crippen LogP contribution in [0.5, 0.6) is 0 Å². The number of amides is 1. The molecule has 0 aliphatic heterocycles. The molecule has 0 aromatic heterocycles. The normalized spacial score (nSPS) is 12.6. The van der Waals surface area contributed by atoms with Crippen molar-refractivity contribution >= 4 is 5.91 Å². The molecule has 1 atom stereocenters. The SMILES string of the molecule is CC(C)C[C@@H](N)C(=O)N(C)Cc1cccc(F)c1. The molecule has 0 aliphatic rings. The molecule has 0 fully saturated rings. The van der Waals surface area contributed by atoms with Crippen molar-refractivity contribution < 1.29 is 9.18 Å². The highest BCUT2D eigenvalue weighted by atomic mass is 19.1. The molecule has 1 aromatic carbocycles. The first-order chi connectivity index (χ1) is 8.40. The van der Waals surface area contributed by atoms with E-state index in [-0.39, 0.29) is 11.7 Å². The van der Waals surface area contributed by atoms with Crippen LogP contribution >= 0.6 is 0 Å². The third-order valence-electron chi connectivity index (χ3n) is 2.73. The Morgan fingerprint density at radius 2 is 2.11 bits per heavy atom. The van der Waals surface area contributed by atoms with E-state index < -0.39 is 6.04 Å². The predicted molar refractivity (Wildman–Crippen MR) is 70.3 cm³/mol. The van der Waals surface area contributed by atoms with E-state index in [4.69, 9.17) is 5.73 Å². The zero-order chi connectivity index (χ0) is 13.7. The molecule has 0 heterocycles. The van der Waals surface area contributed by atoms with Gasteiger partial charge in [0.05, 0.1) is 6.04 Å². The van der Waals surface area contributed by atoms with Gasteiger partial charge in [0.2, 0.25) is 5.91 Å². The molecule has 0 saturated carbocycles. The van der Waals surface area contributed by atoms with E-state index in [9.17, 15) is 9.18 Å². The summed E-state index contributed by atoms with van der Waals surface area (Å²) in [6.45, 7) is 4.43. The van der Waals surface area contributed by atoms with E-state index in [0.29, 0.717) is 18.9 Å². The fraction of sp³-hybridized carbons (Fsp3) is 0.500. The molecule has 0 aliphatic carbocycles. The van der Waals surface area contributed by atoms with Gasteiger partial charge in [-0.05, 0) is 30.0 Å². The summed E-state index contributed by atoms with van der Waals surface area (Å²) < 4.78 is 13.0. The summed E-state index contributed by atoms with van der Waals surface area (Å²) in [5.41, 5.74) is 6.60. The molecule has 2 N–H and O–H groups in total. The van der Waals surface area contributed by atoms with Crippen LogP contribution in [0, 0.1) is 11.7 Å². The summed E-state index contributed by atoms with van der Waals surface area (Å²) >= 11 is 0. The second-order valence-electron chi connectivity index (χ2n) is 5.06. The number of hydrogen-bond acceptors (Lipinski definition) is 2. The van der Waals surface area contributed by atoms with Gasteiger partial charge in [-0.15, -0.1) is 0 Å². The quantitative estimate of drug-likeness (QED) is 0.873. The number of benzene rings is 1. The minimum atomic E-state index is -0.483. The number of halogens is 1. The fourth-order valence-corrected chi connectivity index (χ4v) is 1.88. The van der Waals surface area contributed by atoms with Crippen LogP contribution in [0.15, 0.2) is 24.3 Å². The number of likely N-dealkylation sites (N-methyl/N-ethyl adjacent to an activating group) is 1. The van der Waals surface area contributed by atoms with Gasteiger partial charge in [0, 0.05) is 13.6 Å². The Balaban J connectivity index is 2.59. The highest BCUT2D eigenvalue weighted by Crippen LogP contribution is 2.09. The first-order valence-electron chi connectivity index (χ1n) is 6.15. The molecule has 1 rings (SSSR count). The lowest BCUT2D eigenvalue weighted by atomic mass is 10.0. The summed E-state index contributed by atoms with van der Waals surface area (Å²) in [4.78, 5) is 13.5. The second-order valence-corrected chi connectivity index (χ2v) is 5.06. The summed E-state index contributed by atoms with van der Waals surface area (Å²) in [5, 5.41) is 0. The van der Waals surface area contributed by atoms with Gasteiger partial charge < -0.3 is 10.6 Å². The molecule has 1 aromatic rings. The van der Waals surface area contributed by atoms with Crippen molar-refractivity contribution in [1.29, 1.82) is 0 Å². The van der Waals surface area contributed by atoms with Gasteiger partial charge >= 0.3 is 0 Å². The molecule has 0 radical (unpaired) electrons. The second kappa shape index (κ2) is 6.50. The highest BCUT2D eigenvalue weighted by molar-refractivity contribution is 5.81. The van der Waals surface area contributed by atoms with Crippen molar-refractivity contribution in [2.45, 2.75) is 32.9 Å². The molecular formula is C14H21FN2O. The zero-order valence-corrected chi connectivity index (χ0v) is 11.2. The highest BCUT2D eigenvalue weighted by Gasteiger charge is 2.19. The third kappa shape index (κ3) is 4.45. The number of carbonyl (C=O) groups excluding carboxylic acids is 1. The van der Waals surface area contributed by atoms with Crippen molar-refractivity contribution in [3.05, 3.63) is 35.6 Å². The molecule has 0 saturated heterocycles. The lowest BCUT2D eigenvalue weighted by Gasteiger charge is -2.22. The van der Waals surface area contributed by atoms with Crippen LogP contribution < -0.4 is 5.73 Å². The van der Waals surface area contributed by atoms with Crippen molar-refractivity contribution in [3.63, 3.8) is 0 Å². The molecule has 0 spiro atoms. The minimum absolute atomic E-state index is 0.104. The fourth-order valence-electron chi connectivity index (χ4n) is 1.88. The average molecular weight is 252 g/mol. The lowest BCUT2D eigenvalue weighted by Crippen LogP contribution is -2.42. The summed E-state index contributed by atoms with van der Waals surface area (Å²) in [6, 6.07) is 5.76. The molecule has 18 heavy (non-hydrogen) atoms. The third-order valence-corrected chi connectivity index (χ3v) is 2.73. The Kier molecular flexibility index (Phi) is 5.28. The summed E-state index contributed by atoms with van der Waals surface area (Å²) in [5.74, 6) is -0.0145. The van der Waals surface area contributed by atoms with Crippen LogP contribution in [0.4, 0.5) is 4.39 Å². The smallest absolute Gasteiger partial charge is 0.239 e. The van der Waals surface area contributed by atoms with Crippen LogP contribution in [-0.2, 0) is 11.3 Å². The van der Waals surface area contributed by atoms with Crippen molar-refractivity contribution in [2.75, 3.05) is 7.05 Å². The Bertz CT molecular complexity index is 407. The lowest BCUT2D eigenvalue weighted by molar-refractivity contribution is -0.132. The van der Waals surface area contributed by atoms with Gasteiger partial charge in [-0.25, -0.2) is 4.39 Å². The predicted octanol–water partition coefficient (Wildman–Crippen LogP) is 2.16. The van der Waals surface area contributed by atoms with E-state index in [1.807, 2.05) is 13.8 Å². The number of nitrogens with zero attached hydrogens (tertiary/aromatic N) is 1. The minimum Gasteiger partial charge on any atom is -0.340 e. The number of rotatable bonds is 5. The molecule has 4 heteroatoms. The maximum atomic E-state index is 13.0. The van der Waals surface area contributed by atoms with Gasteiger partial charge in [-0.1, -0.05) is 26.0 Å². The Morgan fingerprint density at radius 3 is 2.67 bits per heavy atom. The maximum Gasteiger partial charge on any atom is 0.239 e. The Morgan fingerprint density at radius 1 is 1.44 bits per heavy atom. The zero-order valence-electron chi connectivity index (χ0n) is 11.2. The first kappa shape index (κ1) is 14.6. The van der Waals surface area contributed by atoms with Gasteiger partial charge in [0.1, 0.15) is 5.82 Å². The molecule has 100 valence electrons. The van der Waals surface area contributed by atoms with Crippen molar-refractivity contribution in [3.8, 4) is 0 Å². The van der Waals surface area contributed by atoms with E-state index >= 15 is 0 Å². The van der Waals surface area contributed by atoms with Crippen LogP contribution in [0.2, 0.25) is 0 Å². The van der Waals surface area contributed by atoms with E-state index in [2.05, 4.69) is 0 Å². The first-order valence-corrected chi connectivity index (χ1v) is 6.15. The van der Waals surface area contributed by atoms with Crippen molar-refractivity contribution in [1.82, 2.24) is 4.90 Å². The van der Waals surface area contributed by atoms with E-state index in [0.717, 1.165) is 5.56 Å².